The number of amides is 3. The van der Waals surface area contributed by atoms with Crippen LogP contribution in [0.3, 0.4) is 0 Å². The lowest BCUT2D eigenvalue weighted by molar-refractivity contribution is -0.137. The van der Waals surface area contributed by atoms with Gasteiger partial charge in [0.1, 0.15) is 6.10 Å². The number of thiol groups is 1. The van der Waals surface area contributed by atoms with Crippen LogP contribution in [-0.2, 0) is 23.5 Å². The Balaban J connectivity index is 4.11. The van der Waals surface area contributed by atoms with Gasteiger partial charge < -0.3 is 30.8 Å². The van der Waals surface area contributed by atoms with Gasteiger partial charge in [-0.05, 0) is 6.92 Å². The smallest absolute Gasteiger partial charge is 0.383 e. The zero-order valence-electron chi connectivity index (χ0n) is 15.5. The van der Waals surface area contributed by atoms with Crippen molar-refractivity contribution >= 4 is 38.2 Å². The molecule has 0 bridgehead atoms. The summed E-state index contributed by atoms with van der Waals surface area (Å²) in [5, 5.41) is 17.0. The Kier molecular flexibility index (Phi) is 11.1. The normalized spacial score (nSPS) is 14.2. The van der Waals surface area contributed by atoms with Crippen LogP contribution in [0.5, 0.6) is 0 Å². The summed E-state index contributed by atoms with van der Waals surface area (Å²) in [4.78, 5) is 52.1. The summed E-state index contributed by atoms with van der Waals surface area (Å²) in [7, 11) is -4.72. The van der Waals surface area contributed by atoms with Crippen LogP contribution in [0.2, 0.25) is 0 Å². The molecular weight excluding hydrogens is 401 g/mol. The lowest BCUT2D eigenvalue weighted by atomic mass is 9.87. The van der Waals surface area contributed by atoms with E-state index in [2.05, 4.69) is 33.1 Å². The molecule has 158 valence electrons. The number of aliphatic hydroxyl groups excluding tert-OH is 1. The van der Waals surface area contributed by atoms with Crippen molar-refractivity contribution in [3.8, 4) is 0 Å². The molecule has 0 saturated carbocycles. The average molecular weight is 429 g/mol. The monoisotopic (exact) mass is 429 g/mol. The summed E-state index contributed by atoms with van der Waals surface area (Å²) in [6.07, 6.45) is -1.64. The van der Waals surface area contributed by atoms with E-state index >= 15 is 0 Å². The molecule has 0 rings (SSSR count). The quantitative estimate of drug-likeness (QED) is 0.112. The lowest BCUT2D eigenvalue weighted by Gasteiger charge is -2.29. The molecule has 0 aromatic heterocycles. The molecule has 2 atom stereocenters. The van der Waals surface area contributed by atoms with E-state index in [0.717, 1.165) is 0 Å². The fourth-order valence-electron chi connectivity index (χ4n) is 1.70. The SMILES string of the molecule is C[C@H](S)C(=O)NCCNC(=O)CCNC(=O)[C@H](O)C(C)(C)COP(=O)(O)O. The van der Waals surface area contributed by atoms with Crippen molar-refractivity contribution in [1.29, 1.82) is 0 Å². The molecule has 0 saturated heterocycles. The van der Waals surface area contributed by atoms with Crippen molar-refractivity contribution in [1.82, 2.24) is 16.0 Å². The number of hydrogen-bond donors (Lipinski definition) is 7. The first-order valence-corrected chi connectivity index (χ1v) is 10.2. The Morgan fingerprint density at radius 2 is 1.59 bits per heavy atom. The number of hydrogen-bond acceptors (Lipinski definition) is 7. The van der Waals surface area contributed by atoms with Crippen LogP contribution in [0.1, 0.15) is 27.2 Å². The van der Waals surface area contributed by atoms with Crippen LogP contribution in [0.25, 0.3) is 0 Å². The largest absolute Gasteiger partial charge is 0.469 e. The van der Waals surface area contributed by atoms with Gasteiger partial charge in [-0.3, -0.25) is 18.9 Å². The average Bonchev–Trinajstić information content (AvgIpc) is 2.55. The molecule has 0 radical (unpaired) electrons. The van der Waals surface area contributed by atoms with Crippen molar-refractivity contribution in [2.45, 2.75) is 38.5 Å². The summed E-state index contributed by atoms with van der Waals surface area (Å²) in [6, 6.07) is 0. The van der Waals surface area contributed by atoms with Crippen molar-refractivity contribution < 1.29 is 38.4 Å². The molecule has 11 nitrogen and oxygen atoms in total. The van der Waals surface area contributed by atoms with Gasteiger partial charge >= 0.3 is 7.82 Å². The molecule has 0 aliphatic heterocycles. The maximum atomic E-state index is 11.9. The molecule has 13 heteroatoms. The predicted molar refractivity (Wildman–Crippen MR) is 99.9 cm³/mol. The van der Waals surface area contributed by atoms with Gasteiger partial charge in [0.15, 0.2) is 0 Å². The van der Waals surface area contributed by atoms with Crippen LogP contribution < -0.4 is 16.0 Å². The van der Waals surface area contributed by atoms with Gasteiger partial charge in [-0.15, -0.1) is 0 Å². The van der Waals surface area contributed by atoms with E-state index in [1.165, 1.54) is 13.8 Å². The molecule has 27 heavy (non-hydrogen) atoms. The van der Waals surface area contributed by atoms with E-state index in [1.54, 1.807) is 6.92 Å². The number of phosphoric ester groups is 1. The molecule has 0 aromatic carbocycles. The summed E-state index contributed by atoms with van der Waals surface area (Å²) in [5.74, 6) is -1.40. The van der Waals surface area contributed by atoms with Crippen molar-refractivity contribution in [3.63, 3.8) is 0 Å². The number of carbonyl (C=O) groups excluding carboxylic acids is 3. The third-order valence-electron chi connectivity index (χ3n) is 3.37. The predicted octanol–water partition coefficient (Wildman–Crippen LogP) is -1.46. The lowest BCUT2D eigenvalue weighted by Crippen LogP contribution is -2.46. The van der Waals surface area contributed by atoms with Crippen molar-refractivity contribution in [3.05, 3.63) is 0 Å². The van der Waals surface area contributed by atoms with Crippen LogP contribution in [0.4, 0.5) is 0 Å². The van der Waals surface area contributed by atoms with Gasteiger partial charge in [-0.2, -0.15) is 12.6 Å². The van der Waals surface area contributed by atoms with E-state index in [0.29, 0.717) is 0 Å². The highest BCUT2D eigenvalue weighted by molar-refractivity contribution is 7.81. The van der Waals surface area contributed by atoms with E-state index < -0.39 is 37.1 Å². The van der Waals surface area contributed by atoms with Crippen molar-refractivity contribution in [2.24, 2.45) is 5.41 Å². The molecule has 6 N–H and O–H groups in total. The molecule has 0 aliphatic carbocycles. The number of nitrogens with one attached hydrogen (secondary N) is 3. The standard InChI is InChI=1S/C14H28N3O8PS/c1-9(27)12(20)17-7-6-15-10(18)4-5-16-13(21)11(19)14(2,3)8-25-26(22,23)24/h9,11,19,27H,4-8H2,1-3H3,(H,15,18)(H,16,21)(H,17,20)(H2,22,23,24)/t9-,11-/m0/s1. The topological polar surface area (TPSA) is 174 Å². The third-order valence-corrected chi connectivity index (χ3v) is 4.07. The number of rotatable bonds is 12. The number of phosphoric acid groups is 1. The highest BCUT2D eigenvalue weighted by atomic mass is 32.1. The summed E-state index contributed by atoms with van der Waals surface area (Å²) in [5.41, 5.74) is -1.25. The van der Waals surface area contributed by atoms with E-state index in [-0.39, 0.29) is 37.9 Å². The second-order valence-electron chi connectivity index (χ2n) is 6.51. The zero-order chi connectivity index (χ0) is 21.3. The Morgan fingerprint density at radius 1 is 1.07 bits per heavy atom. The molecule has 0 unspecified atom stereocenters. The minimum atomic E-state index is -4.72. The maximum absolute atomic E-state index is 11.9. The minimum Gasteiger partial charge on any atom is -0.383 e. The Hall–Kier alpha value is -1.17. The van der Waals surface area contributed by atoms with E-state index in [4.69, 9.17) is 9.79 Å². The third kappa shape index (κ3) is 12.0. The van der Waals surface area contributed by atoms with Gasteiger partial charge in [0.25, 0.3) is 0 Å². The molecular formula is C14H28N3O8PS. The first-order valence-electron chi connectivity index (χ1n) is 8.14. The van der Waals surface area contributed by atoms with Gasteiger partial charge in [0, 0.05) is 31.5 Å². The van der Waals surface area contributed by atoms with E-state index in [1.807, 2.05) is 0 Å². The molecule has 0 aliphatic rings. The van der Waals surface area contributed by atoms with Crippen LogP contribution >= 0.6 is 20.5 Å². The number of aliphatic hydroxyl groups is 1. The highest BCUT2D eigenvalue weighted by Gasteiger charge is 2.35. The Labute approximate surface area is 163 Å². The van der Waals surface area contributed by atoms with E-state index in [9.17, 15) is 24.1 Å². The summed E-state index contributed by atoms with van der Waals surface area (Å²) in [6.45, 7) is 4.30. The van der Waals surface area contributed by atoms with Gasteiger partial charge in [0.2, 0.25) is 17.7 Å². The molecule has 3 amide bonds. The van der Waals surface area contributed by atoms with Gasteiger partial charge in [-0.25, -0.2) is 4.57 Å². The highest BCUT2D eigenvalue weighted by Crippen LogP contribution is 2.38. The van der Waals surface area contributed by atoms with Gasteiger partial charge in [-0.1, -0.05) is 13.8 Å². The van der Waals surface area contributed by atoms with Crippen LogP contribution in [0.15, 0.2) is 0 Å². The Morgan fingerprint density at radius 3 is 2.11 bits per heavy atom. The van der Waals surface area contributed by atoms with Crippen molar-refractivity contribution in [2.75, 3.05) is 26.2 Å². The first kappa shape index (κ1) is 25.8. The van der Waals surface area contributed by atoms with Gasteiger partial charge in [0.05, 0.1) is 11.9 Å². The second kappa shape index (κ2) is 11.6. The second-order valence-corrected chi connectivity index (χ2v) is 8.53. The Bertz CT molecular complexity index is 567. The fourth-order valence-corrected chi connectivity index (χ4v) is 2.30. The molecule has 0 aromatic rings. The summed E-state index contributed by atoms with van der Waals surface area (Å²) >= 11 is 3.96. The zero-order valence-corrected chi connectivity index (χ0v) is 17.3. The van der Waals surface area contributed by atoms with Crippen LogP contribution in [-0.4, -0.2) is 70.2 Å². The molecule has 0 fully saturated rings. The molecule has 0 spiro atoms. The first-order chi connectivity index (χ1) is 12.3. The number of carbonyl (C=O) groups is 3. The summed E-state index contributed by atoms with van der Waals surface area (Å²) < 4.78 is 15.0. The molecule has 0 heterocycles. The fraction of sp³-hybridized carbons (Fsp3) is 0.786. The van der Waals surface area contributed by atoms with Crippen LogP contribution in [0, 0.1) is 5.41 Å². The maximum Gasteiger partial charge on any atom is 0.469 e. The minimum absolute atomic E-state index is 0.0445.